The summed E-state index contributed by atoms with van der Waals surface area (Å²) < 4.78 is 0. The van der Waals surface area contributed by atoms with Gasteiger partial charge in [0, 0.05) is 45.0 Å². The monoisotopic (exact) mass is 1030 g/mol. The number of hydrogen-bond donors (Lipinski definition) is 0. The first-order valence-electron chi connectivity index (χ1n) is 28.3. The van der Waals surface area contributed by atoms with Crippen molar-refractivity contribution >= 4 is 90.7 Å². The number of hydrogen-bond acceptors (Lipinski definition) is 2. The van der Waals surface area contributed by atoms with E-state index in [-0.39, 0.29) is 10.8 Å². The molecule has 80 heavy (non-hydrogen) atoms. The number of nitrogens with zero attached hydrogens (tertiary/aromatic N) is 2. The molecule has 12 aromatic carbocycles. The Hall–Kier alpha value is -9.24. The van der Waals surface area contributed by atoms with Crippen LogP contribution in [0, 0.1) is 27.7 Å². The van der Waals surface area contributed by atoms with Crippen molar-refractivity contribution in [1.82, 2.24) is 0 Å². The van der Waals surface area contributed by atoms with Gasteiger partial charge in [-0.15, -0.1) is 0 Å². The summed E-state index contributed by atoms with van der Waals surface area (Å²) in [4.78, 5) is 4.80. The lowest BCUT2D eigenvalue weighted by Gasteiger charge is -2.28. The molecule has 2 nitrogen and oxygen atoms in total. The first-order valence-corrected chi connectivity index (χ1v) is 28.3. The Bertz CT molecular complexity index is 4160. The zero-order chi connectivity index (χ0) is 54.6. The maximum absolute atomic E-state index is 2.43. The van der Waals surface area contributed by atoms with Crippen LogP contribution < -0.4 is 9.80 Å². The van der Waals surface area contributed by atoms with Crippen LogP contribution >= 0.6 is 0 Å². The molecule has 0 N–H and O–H groups in total. The van der Waals surface area contributed by atoms with Gasteiger partial charge in [0.25, 0.3) is 0 Å². The maximum Gasteiger partial charge on any atom is 0.0465 e. The van der Waals surface area contributed by atoms with Gasteiger partial charge in [0.15, 0.2) is 0 Å². The number of anilines is 6. The Labute approximate surface area is 471 Å². The lowest BCUT2D eigenvalue weighted by atomic mass is 9.81. The molecular weight excluding hydrogens is 965 g/mol. The molecule has 2 aliphatic rings. The summed E-state index contributed by atoms with van der Waals surface area (Å²) in [5, 5.41) is 7.72. The second-order valence-corrected chi connectivity index (χ2v) is 23.7. The minimum absolute atomic E-state index is 0.185. The van der Waals surface area contributed by atoms with Gasteiger partial charge >= 0.3 is 0 Å². The Morgan fingerprint density at radius 3 is 0.950 bits per heavy atom. The average molecular weight is 1030 g/mol. The summed E-state index contributed by atoms with van der Waals surface area (Å²) in [5.74, 6) is 0. The minimum atomic E-state index is -0.185. The average Bonchev–Trinajstić information content (AvgIpc) is 3.89. The highest BCUT2D eigenvalue weighted by atomic mass is 15.1. The number of benzene rings is 12. The van der Waals surface area contributed by atoms with Crippen molar-refractivity contribution in [2.75, 3.05) is 9.80 Å². The summed E-state index contributed by atoms with van der Waals surface area (Å²) in [7, 11) is 0. The molecule has 0 heterocycles. The van der Waals surface area contributed by atoms with E-state index in [1.54, 1.807) is 0 Å². The van der Waals surface area contributed by atoms with Gasteiger partial charge in [-0.2, -0.15) is 0 Å². The number of rotatable bonds is 10. The standard InChI is InChI=1S/C78H64N2/c1-49-13-9-17-59(41-49)79(60-18-10-14-50(2)42-60)63-33-39-69-67-35-23-53(45-71(67)77(5,6)73(69)47-63)21-25-55-27-29-57-32-38-66-56(28-30-58-31-37-65(55)75(57)76(58)66)26-22-54-24-36-68-70-40-34-64(48-74(70)78(7,8)72(68)46-54)80(61-19-11-15-51(3)43-61)62-20-12-16-52(4)44-62/h9-48H,1-8H3/b25-21+,26-22+. The fourth-order valence-corrected chi connectivity index (χ4v) is 13.4. The molecule has 12 aromatic rings. The normalized spacial score (nSPS) is 13.8. The smallest absolute Gasteiger partial charge is 0.0465 e. The van der Waals surface area contributed by atoms with E-state index in [4.69, 9.17) is 0 Å². The van der Waals surface area contributed by atoms with Crippen LogP contribution in [0.5, 0.6) is 0 Å². The Morgan fingerprint density at radius 1 is 0.287 bits per heavy atom. The second kappa shape index (κ2) is 18.7. The predicted molar refractivity (Wildman–Crippen MR) is 344 cm³/mol. The van der Waals surface area contributed by atoms with E-state index in [0.717, 1.165) is 0 Å². The van der Waals surface area contributed by atoms with Crippen LogP contribution in [0.2, 0.25) is 0 Å². The zero-order valence-corrected chi connectivity index (χ0v) is 47.0. The third-order valence-corrected chi connectivity index (χ3v) is 17.6. The highest BCUT2D eigenvalue weighted by Gasteiger charge is 2.38. The highest BCUT2D eigenvalue weighted by Crippen LogP contribution is 2.53. The van der Waals surface area contributed by atoms with Crippen LogP contribution in [-0.2, 0) is 10.8 Å². The van der Waals surface area contributed by atoms with Gasteiger partial charge in [0.2, 0.25) is 0 Å². The van der Waals surface area contributed by atoms with Crippen LogP contribution in [0.1, 0.15) is 94.5 Å². The van der Waals surface area contributed by atoms with Gasteiger partial charge in [-0.3, -0.25) is 0 Å². The van der Waals surface area contributed by atoms with E-state index in [0.29, 0.717) is 0 Å². The second-order valence-electron chi connectivity index (χ2n) is 23.7. The fourth-order valence-electron chi connectivity index (χ4n) is 13.4. The van der Waals surface area contributed by atoms with Crippen LogP contribution in [-0.4, -0.2) is 0 Å². The predicted octanol–water partition coefficient (Wildman–Crippen LogP) is 21.7. The number of fused-ring (bicyclic) bond motifs is 6. The molecule has 14 rings (SSSR count). The molecule has 0 spiro atoms. The third-order valence-electron chi connectivity index (χ3n) is 17.6. The zero-order valence-electron chi connectivity index (χ0n) is 47.0. The molecule has 0 fully saturated rings. The van der Waals surface area contributed by atoms with E-state index in [2.05, 4.69) is 308 Å². The molecule has 0 aliphatic heterocycles. The van der Waals surface area contributed by atoms with Crippen molar-refractivity contribution in [2.45, 2.75) is 66.2 Å². The molecule has 0 aromatic heterocycles. The highest BCUT2D eigenvalue weighted by molar-refractivity contribution is 6.25. The first-order chi connectivity index (χ1) is 38.8. The summed E-state index contributed by atoms with van der Waals surface area (Å²) in [5.41, 5.74) is 27.2. The van der Waals surface area contributed by atoms with Gasteiger partial charge in [-0.05, 0) is 222 Å². The molecule has 0 unspecified atom stereocenters. The molecule has 386 valence electrons. The third kappa shape index (κ3) is 8.15. The van der Waals surface area contributed by atoms with E-state index in [9.17, 15) is 0 Å². The fraction of sp³-hybridized carbons (Fsp3) is 0.128. The molecular formula is C78H64N2. The Kier molecular flexibility index (Phi) is 11.5. The summed E-state index contributed by atoms with van der Waals surface area (Å²) in [6.07, 6.45) is 9.26. The lowest BCUT2D eigenvalue weighted by molar-refractivity contribution is 0.660. The van der Waals surface area contributed by atoms with Gasteiger partial charge in [-0.25, -0.2) is 0 Å². The molecule has 0 radical (unpaired) electrons. The largest absolute Gasteiger partial charge is 0.310 e. The van der Waals surface area contributed by atoms with Crippen molar-refractivity contribution < 1.29 is 0 Å². The van der Waals surface area contributed by atoms with Crippen molar-refractivity contribution in [1.29, 1.82) is 0 Å². The summed E-state index contributed by atoms with van der Waals surface area (Å²) >= 11 is 0. The SMILES string of the molecule is Cc1cccc(N(c2cccc(C)c2)c2ccc3c(c2)C(C)(C)c2cc(/C=C/c4ccc5ccc6c(/C=C/c7ccc8c(c7)C(C)(C)c7cc(N(c9cccc(C)c9)c9cccc(C)c9)ccc7-8)ccc7ccc4c5c76)ccc2-3)c1. The van der Waals surface area contributed by atoms with Gasteiger partial charge < -0.3 is 9.80 Å². The molecule has 0 bridgehead atoms. The van der Waals surface area contributed by atoms with E-state index in [1.165, 1.54) is 155 Å². The number of aryl methyl sites for hydroxylation is 4. The van der Waals surface area contributed by atoms with Crippen LogP contribution in [0.4, 0.5) is 34.1 Å². The molecule has 0 saturated heterocycles. The van der Waals surface area contributed by atoms with Crippen LogP contribution in [0.15, 0.2) is 218 Å². The van der Waals surface area contributed by atoms with E-state index in [1.807, 2.05) is 0 Å². The first kappa shape index (κ1) is 49.1. The van der Waals surface area contributed by atoms with E-state index < -0.39 is 0 Å². The van der Waals surface area contributed by atoms with Crippen LogP contribution in [0.25, 0.3) is 78.9 Å². The summed E-state index contributed by atoms with van der Waals surface area (Å²) in [6, 6.07) is 82.0. The quantitative estimate of drug-likeness (QED) is 0.0995. The van der Waals surface area contributed by atoms with Gasteiger partial charge in [-0.1, -0.05) is 198 Å². The molecule has 2 aliphatic carbocycles. The summed E-state index contributed by atoms with van der Waals surface area (Å²) in [6.45, 7) is 18.2. The van der Waals surface area contributed by atoms with Gasteiger partial charge in [0.1, 0.15) is 0 Å². The topological polar surface area (TPSA) is 6.48 Å². The maximum atomic E-state index is 2.43. The van der Waals surface area contributed by atoms with Crippen molar-refractivity contribution in [3.8, 4) is 22.3 Å². The van der Waals surface area contributed by atoms with Crippen molar-refractivity contribution in [3.63, 3.8) is 0 Å². The van der Waals surface area contributed by atoms with Crippen molar-refractivity contribution in [2.24, 2.45) is 0 Å². The Balaban J connectivity index is 0.754. The molecule has 0 amide bonds. The molecule has 0 saturated carbocycles. The molecule has 0 atom stereocenters. The van der Waals surface area contributed by atoms with Crippen molar-refractivity contribution in [3.05, 3.63) is 285 Å². The minimum Gasteiger partial charge on any atom is -0.310 e. The molecule has 2 heteroatoms. The van der Waals surface area contributed by atoms with E-state index >= 15 is 0 Å². The van der Waals surface area contributed by atoms with Gasteiger partial charge in [0.05, 0.1) is 0 Å². The van der Waals surface area contributed by atoms with Crippen LogP contribution in [0.3, 0.4) is 0 Å². The Morgan fingerprint density at radius 2 is 0.600 bits per heavy atom. The lowest BCUT2D eigenvalue weighted by Crippen LogP contribution is -2.16.